The van der Waals surface area contributed by atoms with Crippen molar-refractivity contribution in [1.29, 1.82) is 0 Å². The lowest BCUT2D eigenvalue weighted by Gasteiger charge is -2.33. The zero-order valence-electron chi connectivity index (χ0n) is 11.1. The number of aliphatic hydroxyl groups excluding tert-OH is 1. The van der Waals surface area contributed by atoms with Gasteiger partial charge in [0.1, 0.15) is 0 Å². The van der Waals surface area contributed by atoms with Crippen molar-refractivity contribution >= 4 is 10.0 Å². The molecule has 1 aliphatic heterocycles. The molecule has 0 aromatic rings. The van der Waals surface area contributed by atoms with E-state index in [0.717, 1.165) is 19.3 Å². The summed E-state index contributed by atoms with van der Waals surface area (Å²) < 4.78 is 25.8. The highest BCUT2D eigenvalue weighted by Crippen LogP contribution is 2.23. The Morgan fingerprint density at radius 2 is 1.82 bits per heavy atom. The largest absolute Gasteiger partial charge is 0.393 e. The predicted octanol–water partition coefficient (Wildman–Crippen LogP) is 1.46. The fraction of sp³-hybridized carbons (Fsp3) is 1.00. The van der Waals surface area contributed by atoms with Gasteiger partial charge in [-0.2, -0.15) is 0 Å². The van der Waals surface area contributed by atoms with Gasteiger partial charge in [0.25, 0.3) is 0 Å². The lowest BCUT2D eigenvalue weighted by atomic mass is 9.93. The summed E-state index contributed by atoms with van der Waals surface area (Å²) >= 11 is 0. The van der Waals surface area contributed by atoms with Crippen LogP contribution in [0, 0.1) is 11.8 Å². The van der Waals surface area contributed by atoms with Gasteiger partial charge in [-0.3, -0.25) is 0 Å². The van der Waals surface area contributed by atoms with Gasteiger partial charge < -0.3 is 5.11 Å². The van der Waals surface area contributed by atoms with E-state index in [0.29, 0.717) is 13.1 Å². The molecule has 1 fully saturated rings. The molecule has 1 rings (SSSR count). The van der Waals surface area contributed by atoms with Crippen LogP contribution in [-0.2, 0) is 10.0 Å². The molecule has 0 aromatic carbocycles. The second-order valence-electron chi connectivity index (χ2n) is 5.27. The molecule has 0 aromatic heterocycles. The van der Waals surface area contributed by atoms with E-state index in [9.17, 15) is 13.5 Å². The Bertz CT molecular complexity index is 319. The standard InChI is InChI=1S/C12H25NO3S/c1-4-10(2)9-17(15,16)13-7-5-12(6-8-13)11(3)14/h10-12,14H,4-9H2,1-3H3. The number of sulfonamides is 1. The highest BCUT2D eigenvalue weighted by atomic mass is 32.2. The highest BCUT2D eigenvalue weighted by Gasteiger charge is 2.30. The SMILES string of the molecule is CCC(C)CS(=O)(=O)N1CCC(C(C)O)CC1. The van der Waals surface area contributed by atoms with Crippen LogP contribution in [0.25, 0.3) is 0 Å². The molecule has 5 heteroatoms. The number of aliphatic hydroxyl groups is 1. The van der Waals surface area contributed by atoms with Crippen molar-refractivity contribution < 1.29 is 13.5 Å². The Morgan fingerprint density at radius 1 is 1.29 bits per heavy atom. The monoisotopic (exact) mass is 263 g/mol. The lowest BCUT2D eigenvalue weighted by molar-refractivity contribution is 0.0911. The summed E-state index contributed by atoms with van der Waals surface area (Å²) in [4.78, 5) is 0. The molecule has 0 bridgehead atoms. The van der Waals surface area contributed by atoms with Gasteiger partial charge >= 0.3 is 0 Å². The van der Waals surface area contributed by atoms with E-state index in [1.807, 2.05) is 13.8 Å². The predicted molar refractivity (Wildman–Crippen MR) is 69.2 cm³/mol. The molecule has 0 spiro atoms. The average Bonchev–Trinajstić information content (AvgIpc) is 2.28. The van der Waals surface area contributed by atoms with Crippen molar-refractivity contribution in [3.63, 3.8) is 0 Å². The maximum atomic E-state index is 12.1. The molecule has 1 heterocycles. The van der Waals surface area contributed by atoms with Crippen molar-refractivity contribution in [2.45, 2.75) is 46.1 Å². The lowest BCUT2D eigenvalue weighted by Crippen LogP contribution is -2.42. The van der Waals surface area contributed by atoms with E-state index in [1.165, 1.54) is 0 Å². The molecule has 1 saturated heterocycles. The number of hydrogen-bond donors (Lipinski definition) is 1. The minimum absolute atomic E-state index is 0.217. The average molecular weight is 263 g/mol. The van der Waals surface area contributed by atoms with Gasteiger partial charge in [0.05, 0.1) is 11.9 Å². The van der Waals surface area contributed by atoms with Crippen LogP contribution in [0.1, 0.15) is 40.0 Å². The summed E-state index contributed by atoms with van der Waals surface area (Å²) in [6.45, 7) is 6.90. The minimum Gasteiger partial charge on any atom is -0.393 e. The Kier molecular flexibility index (Phi) is 5.41. The third kappa shape index (κ3) is 4.23. The van der Waals surface area contributed by atoms with Crippen molar-refractivity contribution in [2.24, 2.45) is 11.8 Å². The Hall–Kier alpha value is -0.130. The summed E-state index contributed by atoms with van der Waals surface area (Å²) in [5, 5.41) is 9.48. The molecule has 17 heavy (non-hydrogen) atoms. The number of hydrogen-bond acceptors (Lipinski definition) is 3. The normalized spacial score (nSPS) is 23.5. The fourth-order valence-corrected chi connectivity index (χ4v) is 4.15. The Labute approximate surface area is 105 Å². The summed E-state index contributed by atoms with van der Waals surface area (Å²) in [7, 11) is -3.09. The van der Waals surface area contributed by atoms with Gasteiger partial charge in [0, 0.05) is 13.1 Å². The zero-order chi connectivity index (χ0) is 13.1. The van der Waals surface area contributed by atoms with E-state index in [-0.39, 0.29) is 23.7 Å². The summed E-state index contributed by atoms with van der Waals surface area (Å²) in [5.41, 5.74) is 0. The Morgan fingerprint density at radius 3 is 2.24 bits per heavy atom. The van der Waals surface area contributed by atoms with E-state index in [1.54, 1.807) is 11.2 Å². The van der Waals surface area contributed by atoms with Crippen LogP contribution < -0.4 is 0 Å². The molecule has 1 N–H and O–H groups in total. The third-order valence-electron chi connectivity index (χ3n) is 3.77. The van der Waals surface area contributed by atoms with Crippen molar-refractivity contribution in [3.8, 4) is 0 Å². The quantitative estimate of drug-likeness (QED) is 0.817. The van der Waals surface area contributed by atoms with Gasteiger partial charge in [0.2, 0.25) is 10.0 Å². The minimum atomic E-state index is -3.09. The first-order chi connectivity index (χ1) is 7.86. The van der Waals surface area contributed by atoms with E-state index < -0.39 is 10.0 Å². The zero-order valence-corrected chi connectivity index (χ0v) is 11.9. The molecule has 4 nitrogen and oxygen atoms in total. The van der Waals surface area contributed by atoms with Gasteiger partial charge in [0.15, 0.2) is 0 Å². The molecule has 0 radical (unpaired) electrons. The Balaban J connectivity index is 2.53. The topological polar surface area (TPSA) is 57.6 Å². The van der Waals surface area contributed by atoms with Gasteiger partial charge in [-0.1, -0.05) is 20.3 Å². The van der Waals surface area contributed by atoms with Crippen LogP contribution in [0.3, 0.4) is 0 Å². The summed E-state index contributed by atoms with van der Waals surface area (Å²) in [6, 6.07) is 0. The second-order valence-corrected chi connectivity index (χ2v) is 7.28. The van der Waals surface area contributed by atoms with Crippen molar-refractivity contribution in [2.75, 3.05) is 18.8 Å². The van der Waals surface area contributed by atoms with E-state index in [4.69, 9.17) is 0 Å². The molecule has 0 saturated carbocycles. The van der Waals surface area contributed by atoms with Crippen molar-refractivity contribution in [3.05, 3.63) is 0 Å². The van der Waals surface area contributed by atoms with Crippen LogP contribution in [0.2, 0.25) is 0 Å². The first-order valence-corrected chi connectivity index (χ1v) is 8.13. The van der Waals surface area contributed by atoms with Crippen LogP contribution in [0.4, 0.5) is 0 Å². The van der Waals surface area contributed by atoms with Crippen LogP contribution in [0.15, 0.2) is 0 Å². The maximum Gasteiger partial charge on any atom is 0.214 e. The molecule has 1 aliphatic rings. The molecular formula is C12H25NO3S. The molecule has 102 valence electrons. The summed E-state index contributed by atoms with van der Waals surface area (Å²) in [6.07, 6.45) is 2.12. The highest BCUT2D eigenvalue weighted by molar-refractivity contribution is 7.89. The second kappa shape index (κ2) is 6.16. The molecule has 0 amide bonds. The first-order valence-electron chi connectivity index (χ1n) is 6.52. The van der Waals surface area contributed by atoms with Gasteiger partial charge in [-0.05, 0) is 31.6 Å². The third-order valence-corrected chi connectivity index (χ3v) is 5.91. The van der Waals surface area contributed by atoms with Crippen LogP contribution in [0.5, 0.6) is 0 Å². The molecular weight excluding hydrogens is 238 g/mol. The van der Waals surface area contributed by atoms with Gasteiger partial charge in [-0.15, -0.1) is 0 Å². The smallest absolute Gasteiger partial charge is 0.214 e. The molecule has 2 unspecified atom stereocenters. The molecule has 2 atom stereocenters. The van der Waals surface area contributed by atoms with E-state index >= 15 is 0 Å². The number of nitrogens with zero attached hydrogens (tertiary/aromatic N) is 1. The van der Waals surface area contributed by atoms with Crippen LogP contribution in [-0.4, -0.2) is 42.8 Å². The summed E-state index contributed by atoms with van der Waals surface area (Å²) in [5.74, 6) is 0.725. The van der Waals surface area contributed by atoms with Crippen LogP contribution >= 0.6 is 0 Å². The maximum absolute atomic E-state index is 12.1. The number of piperidine rings is 1. The van der Waals surface area contributed by atoms with Crippen molar-refractivity contribution in [1.82, 2.24) is 4.31 Å². The molecule has 0 aliphatic carbocycles. The van der Waals surface area contributed by atoms with E-state index in [2.05, 4.69) is 0 Å². The fourth-order valence-electron chi connectivity index (χ4n) is 2.22. The van der Waals surface area contributed by atoms with Gasteiger partial charge in [-0.25, -0.2) is 12.7 Å². The first kappa shape index (κ1) is 14.9. The number of rotatable bonds is 5.